The quantitative estimate of drug-likeness (QED) is 0.836. The van der Waals surface area contributed by atoms with Crippen LogP contribution in [0.5, 0.6) is 5.75 Å². The highest BCUT2D eigenvalue weighted by Gasteiger charge is 2.28. The van der Waals surface area contributed by atoms with E-state index in [1.165, 1.54) is 19.2 Å². The van der Waals surface area contributed by atoms with Crippen molar-refractivity contribution < 1.29 is 13.9 Å². The first kappa shape index (κ1) is 11.9. The van der Waals surface area contributed by atoms with E-state index >= 15 is 0 Å². The van der Waals surface area contributed by atoms with Gasteiger partial charge >= 0.3 is 0 Å². The predicted molar refractivity (Wildman–Crippen MR) is 61.4 cm³/mol. The van der Waals surface area contributed by atoms with Crippen LogP contribution in [-0.2, 0) is 0 Å². The summed E-state index contributed by atoms with van der Waals surface area (Å²) in [5, 5.41) is 0. The first-order chi connectivity index (χ1) is 8.13. The molecule has 1 aromatic rings. The Morgan fingerprint density at radius 1 is 1.59 bits per heavy atom. The van der Waals surface area contributed by atoms with E-state index in [0.717, 1.165) is 6.42 Å². The Balaban J connectivity index is 2.30. The van der Waals surface area contributed by atoms with Gasteiger partial charge in [0.1, 0.15) is 17.1 Å². The van der Waals surface area contributed by atoms with Crippen LogP contribution in [0.4, 0.5) is 4.39 Å². The van der Waals surface area contributed by atoms with E-state index < -0.39 is 5.82 Å². The van der Waals surface area contributed by atoms with Gasteiger partial charge in [-0.1, -0.05) is 6.07 Å². The molecule has 2 rings (SSSR count). The van der Waals surface area contributed by atoms with Gasteiger partial charge in [-0.3, -0.25) is 4.79 Å². The average Bonchev–Trinajstić information content (AvgIpc) is 2.74. The number of nitrogens with two attached hydrogens (primary N) is 1. The van der Waals surface area contributed by atoms with Crippen molar-refractivity contribution >= 4 is 5.91 Å². The minimum absolute atomic E-state index is 0.0101. The SMILES string of the molecule is COc1cccc(F)c1C(=O)N1CC[C@@H](N)C1. The molecule has 1 aliphatic heterocycles. The summed E-state index contributed by atoms with van der Waals surface area (Å²) in [6.45, 7) is 1.04. The van der Waals surface area contributed by atoms with Gasteiger partial charge in [0, 0.05) is 19.1 Å². The fraction of sp³-hybridized carbons (Fsp3) is 0.417. The standard InChI is InChI=1S/C12H15FN2O2/c1-17-10-4-2-3-9(13)11(10)12(16)15-6-5-8(14)7-15/h2-4,8H,5-7,14H2,1H3/t8-/m1/s1. The lowest BCUT2D eigenvalue weighted by molar-refractivity contribution is 0.0782. The van der Waals surface area contributed by atoms with E-state index in [9.17, 15) is 9.18 Å². The summed E-state index contributed by atoms with van der Waals surface area (Å²) in [5.74, 6) is -0.654. The third-order valence-electron chi connectivity index (χ3n) is 2.92. The van der Waals surface area contributed by atoms with E-state index in [-0.39, 0.29) is 23.3 Å². The number of rotatable bonds is 2. The van der Waals surface area contributed by atoms with Gasteiger partial charge in [0.15, 0.2) is 0 Å². The molecule has 2 N–H and O–H groups in total. The zero-order valence-electron chi connectivity index (χ0n) is 9.65. The largest absolute Gasteiger partial charge is 0.496 e. The molecular formula is C12H15FN2O2. The molecular weight excluding hydrogens is 223 g/mol. The number of carbonyl (C=O) groups is 1. The van der Waals surface area contributed by atoms with Gasteiger partial charge in [-0.15, -0.1) is 0 Å². The molecule has 17 heavy (non-hydrogen) atoms. The van der Waals surface area contributed by atoms with E-state index in [1.807, 2.05) is 0 Å². The second-order valence-electron chi connectivity index (χ2n) is 4.12. The molecule has 1 atom stereocenters. The van der Waals surface area contributed by atoms with Crippen LogP contribution in [0.1, 0.15) is 16.8 Å². The number of nitrogens with zero attached hydrogens (tertiary/aromatic N) is 1. The van der Waals surface area contributed by atoms with Crippen LogP contribution < -0.4 is 10.5 Å². The van der Waals surface area contributed by atoms with Crippen molar-refractivity contribution in [3.05, 3.63) is 29.6 Å². The molecule has 1 heterocycles. The first-order valence-corrected chi connectivity index (χ1v) is 5.51. The van der Waals surface area contributed by atoms with Crippen molar-refractivity contribution in [3.8, 4) is 5.75 Å². The lowest BCUT2D eigenvalue weighted by atomic mass is 10.1. The van der Waals surface area contributed by atoms with Crippen molar-refractivity contribution in [2.75, 3.05) is 20.2 Å². The molecule has 0 aliphatic carbocycles. The predicted octanol–water partition coefficient (Wildman–Crippen LogP) is 1.01. The van der Waals surface area contributed by atoms with Crippen LogP contribution in [0, 0.1) is 5.82 Å². The lowest BCUT2D eigenvalue weighted by Gasteiger charge is -2.17. The monoisotopic (exact) mass is 238 g/mol. The molecule has 4 nitrogen and oxygen atoms in total. The zero-order chi connectivity index (χ0) is 12.4. The maximum absolute atomic E-state index is 13.7. The van der Waals surface area contributed by atoms with Crippen molar-refractivity contribution in [3.63, 3.8) is 0 Å². The van der Waals surface area contributed by atoms with Crippen LogP contribution in [0.3, 0.4) is 0 Å². The van der Waals surface area contributed by atoms with Crippen LogP contribution in [0.2, 0.25) is 0 Å². The van der Waals surface area contributed by atoms with Crippen LogP contribution >= 0.6 is 0 Å². The van der Waals surface area contributed by atoms with E-state index in [2.05, 4.69) is 0 Å². The maximum atomic E-state index is 13.7. The Kier molecular flexibility index (Phi) is 3.28. The normalized spacial score (nSPS) is 19.5. The van der Waals surface area contributed by atoms with E-state index in [0.29, 0.717) is 13.1 Å². The smallest absolute Gasteiger partial charge is 0.260 e. The molecule has 0 aromatic heterocycles. The molecule has 1 fully saturated rings. The highest BCUT2D eigenvalue weighted by molar-refractivity contribution is 5.97. The highest BCUT2D eigenvalue weighted by atomic mass is 19.1. The van der Waals surface area contributed by atoms with Gasteiger partial charge in [0.05, 0.1) is 7.11 Å². The molecule has 92 valence electrons. The summed E-state index contributed by atoms with van der Waals surface area (Å²) in [6.07, 6.45) is 0.752. The average molecular weight is 238 g/mol. The van der Waals surface area contributed by atoms with Crippen molar-refractivity contribution in [1.29, 1.82) is 0 Å². The number of carbonyl (C=O) groups excluding carboxylic acids is 1. The summed E-state index contributed by atoms with van der Waals surface area (Å²) in [5.41, 5.74) is 5.72. The maximum Gasteiger partial charge on any atom is 0.260 e. The zero-order valence-corrected chi connectivity index (χ0v) is 9.65. The molecule has 0 radical (unpaired) electrons. The summed E-state index contributed by atoms with van der Waals surface area (Å²) >= 11 is 0. The molecule has 1 aliphatic rings. The third-order valence-corrected chi connectivity index (χ3v) is 2.92. The third kappa shape index (κ3) is 2.24. The fourth-order valence-corrected chi connectivity index (χ4v) is 2.01. The van der Waals surface area contributed by atoms with Crippen molar-refractivity contribution in [2.45, 2.75) is 12.5 Å². The van der Waals surface area contributed by atoms with Gasteiger partial charge in [-0.25, -0.2) is 4.39 Å². The minimum Gasteiger partial charge on any atom is -0.496 e. The summed E-state index contributed by atoms with van der Waals surface area (Å²) in [4.78, 5) is 13.7. The van der Waals surface area contributed by atoms with Gasteiger partial charge in [-0.2, -0.15) is 0 Å². The van der Waals surface area contributed by atoms with Crippen LogP contribution in [-0.4, -0.2) is 37.0 Å². The van der Waals surface area contributed by atoms with E-state index in [1.54, 1.807) is 11.0 Å². The highest BCUT2D eigenvalue weighted by Crippen LogP contribution is 2.24. The van der Waals surface area contributed by atoms with Gasteiger partial charge in [-0.05, 0) is 18.6 Å². The molecule has 1 amide bonds. The topological polar surface area (TPSA) is 55.6 Å². The van der Waals surface area contributed by atoms with Gasteiger partial charge in [0.25, 0.3) is 5.91 Å². The molecule has 5 heteroatoms. The second-order valence-corrected chi connectivity index (χ2v) is 4.12. The lowest BCUT2D eigenvalue weighted by Crippen LogP contribution is -2.32. The number of hydrogen-bond donors (Lipinski definition) is 1. The van der Waals surface area contributed by atoms with Gasteiger partial charge < -0.3 is 15.4 Å². The number of likely N-dealkylation sites (tertiary alicyclic amines) is 1. The summed E-state index contributed by atoms with van der Waals surface area (Å²) in [6, 6.07) is 4.33. The molecule has 0 bridgehead atoms. The van der Waals surface area contributed by atoms with Crippen molar-refractivity contribution in [1.82, 2.24) is 4.90 Å². The Bertz CT molecular complexity index is 437. The molecule has 1 aromatic carbocycles. The van der Waals surface area contributed by atoms with E-state index in [4.69, 9.17) is 10.5 Å². The second kappa shape index (κ2) is 4.71. The number of halogens is 1. The summed E-state index contributed by atoms with van der Waals surface area (Å²) < 4.78 is 18.7. The number of ether oxygens (including phenoxy) is 1. The number of hydrogen-bond acceptors (Lipinski definition) is 3. The Morgan fingerprint density at radius 2 is 2.35 bits per heavy atom. The van der Waals surface area contributed by atoms with Gasteiger partial charge in [0.2, 0.25) is 0 Å². The van der Waals surface area contributed by atoms with Crippen LogP contribution in [0.25, 0.3) is 0 Å². The fourth-order valence-electron chi connectivity index (χ4n) is 2.01. The molecule has 1 saturated heterocycles. The molecule has 0 saturated carbocycles. The number of amides is 1. The Morgan fingerprint density at radius 3 is 2.94 bits per heavy atom. The Labute approximate surface area is 99.2 Å². The number of benzene rings is 1. The first-order valence-electron chi connectivity index (χ1n) is 5.51. The Hall–Kier alpha value is -1.62. The number of methoxy groups -OCH3 is 1. The molecule has 0 spiro atoms. The molecule has 0 unspecified atom stereocenters. The van der Waals surface area contributed by atoms with Crippen molar-refractivity contribution in [2.24, 2.45) is 5.73 Å². The minimum atomic E-state index is -0.560. The van der Waals surface area contributed by atoms with Crippen LogP contribution in [0.15, 0.2) is 18.2 Å². The summed E-state index contributed by atoms with van der Waals surface area (Å²) in [7, 11) is 1.42.